The molecule has 0 unspecified atom stereocenters. The molecule has 2 N–H and O–H groups in total. The van der Waals surface area contributed by atoms with Crippen LogP contribution in [0.5, 0.6) is 0 Å². The van der Waals surface area contributed by atoms with Crippen molar-refractivity contribution in [3.63, 3.8) is 0 Å². The molecule has 3 amide bonds. The summed E-state index contributed by atoms with van der Waals surface area (Å²) in [7, 11) is 3.35. The van der Waals surface area contributed by atoms with Gasteiger partial charge in [0, 0.05) is 36.8 Å². The van der Waals surface area contributed by atoms with E-state index in [-0.39, 0.29) is 11.9 Å². The van der Waals surface area contributed by atoms with Gasteiger partial charge in [0.1, 0.15) is 0 Å². The first-order valence-electron chi connectivity index (χ1n) is 7.39. The Bertz CT molecular complexity index is 683. The number of likely N-dealkylation sites (N-methyl/N-ethyl adjacent to an activating group) is 1. The number of urea groups is 1. The lowest BCUT2D eigenvalue weighted by Gasteiger charge is -2.19. The summed E-state index contributed by atoms with van der Waals surface area (Å²) in [6.07, 6.45) is 0.832. The van der Waals surface area contributed by atoms with Crippen LogP contribution >= 0.6 is 11.3 Å². The summed E-state index contributed by atoms with van der Waals surface area (Å²) in [6, 6.07) is 9.19. The molecule has 23 heavy (non-hydrogen) atoms. The fourth-order valence-corrected chi connectivity index (χ4v) is 2.89. The maximum absolute atomic E-state index is 12.3. The summed E-state index contributed by atoms with van der Waals surface area (Å²) < 4.78 is 0. The maximum Gasteiger partial charge on any atom is 0.321 e. The number of hydrogen-bond donors (Lipinski definition) is 2. The number of thiophene rings is 1. The van der Waals surface area contributed by atoms with Crippen molar-refractivity contribution in [1.82, 2.24) is 10.2 Å². The number of benzene rings is 1. The summed E-state index contributed by atoms with van der Waals surface area (Å²) in [5.41, 5.74) is 1.97. The number of carbonyl (C=O) groups excluding carboxylic acids is 2. The van der Waals surface area contributed by atoms with E-state index >= 15 is 0 Å². The van der Waals surface area contributed by atoms with E-state index in [1.54, 1.807) is 48.5 Å². The average Bonchev–Trinajstić information content (AvgIpc) is 3.07. The second-order valence-electron chi connectivity index (χ2n) is 5.24. The minimum absolute atomic E-state index is 0.162. The zero-order valence-corrected chi connectivity index (χ0v) is 14.4. The molecule has 2 rings (SSSR count). The van der Waals surface area contributed by atoms with Crippen LogP contribution in [0.1, 0.15) is 20.8 Å². The van der Waals surface area contributed by atoms with Crippen molar-refractivity contribution < 1.29 is 9.59 Å². The van der Waals surface area contributed by atoms with Gasteiger partial charge in [-0.3, -0.25) is 4.79 Å². The van der Waals surface area contributed by atoms with Gasteiger partial charge in [-0.05, 0) is 42.5 Å². The molecule has 1 aromatic carbocycles. The zero-order chi connectivity index (χ0) is 16.8. The van der Waals surface area contributed by atoms with E-state index in [1.807, 2.05) is 18.4 Å². The Morgan fingerprint density at radius 2 is 2.00 bits per heavy atom. The van der Waals surface area contributed by atoms with Crippen LogP contribution in [-0.2, 0) is 6.42 Å². The summed E-state index contributed by atoms with van der Waals surface area (Å²) in [5, 5.41) is 7.50. The Hall–Kier alpha value is -2.34. The number of nitrogens with zero attached hydrogens (tertiary/aromatic N) is 1. The Kier molecular flexibility index (Phi) is 5.76. The van der Waals surface area contributed by atoms with Gasteiger partial charge in [-0.15, -0.1) is 11.3 Å². The van der Waals surface area contributed by atoms with Crippen molar-refractivity contribution in [3.8, 4) is 0 Å². The molecule has 1 heterocycles. The first kappa shape index (κ1) is 17.0. The largest absolute Gasteiger partial charge is 0.355 e. The van der Waals surface area contributed by atoms with Gasteiger partial charge in [0.25, 0.3) is 5.91 Å². The quantitative estimate of drug-likeness (QED) is 0.884. The lowest BCUT2D eigenvalue weighted by Crippen LogP contribution is -2.33. The van der Waals surface area contributed by atoms with Crippen LogP contribution in [0.3, 0.4) is 0 Å². The Morgan fingerprint density at radius 3 is 2.65 bits per heavy atom. The van der Waals surface area contributed by atoms with Gasteiger partial charge >= 0.3 is 6.03 Å². The molecule has 0 atom stereocenters. The van der Waals surface area contributed by atoms with Crippen LogP contribution < -0.4 is 10.6 Å². The zero-order valence-electron chi connectivity index (χ0n) is 13.6. The van der Waals surface area contributed by atoms with E-state index < -0.39 is 0 Å². The normalized spacial score (nSPS) is 10.2. The van der Waals surface area contributed by atoms with Gasteiger partial charge < -0.3 is 15.5 Å². The molecule has 0 radical (unpaired) electrons. The highest BCUT2D eigenvalue weighted by molar-refractivity contribution is 7.09. The molecule has 0 aliphatic heterocycles. The van der Waals surface area contributed by atoms with Gasteiger partial charge in [0.05, 0.1) is 0 Å². The van der Waals surface area contributed by atoms with Gasteiger partial charge in [-0.2, -0.15) is 0 Å². The lowest BCUT2D eigenvalue weighted by molar-refractivity contribution is 0.0962. The maximum atomic E-state index is 12.3. The molecular weight excluding hydrogens is 310 g/mol. The van der Waals surface area contributed by atoms with E-state index in [0.717, 1.165) is 12.0 Å². The van der Waals surface area contributed by atoms with Crippen LogP contribution in [0.15, 0.2) is 35.7 Å². The first-order chi connectivity index (χ1) is 11.0. The molecule has 2 aromatic rings. The summed E-state index contributed by atoms with van der Waals surface area (Å²) >= 11 is 1.69. The molecule has 0 aliphatic rings. The number of hydrogen-bond acceptors (Lipinski definition) is 3. The third kappa shape index (κ3) is 4.32. The van der Waals surface area contributed by atoms with Crippen molar-refractivity contribution in [3.05, 3.63) is 51.7 Å². The molecule has 6 heteroatoms. The molecule has 0 spiro atoms. The van der Waals surface area contributed by atoms with E-state index in [0.29, 0.717) is 17.8 Å². The van der Waals surface area contributed by atoms with Gasteiger partial charge in [-0.25, -0.2) is 4.79 Å². The predicted molar refractivity (Wildman–Crippen MR) is 94.2 cm³/mol. The molecule has 0 bridgehead atoms. The van der Waals surface area contributed by atoms with Crippen LogP contribution in [0.2, 0.25) is 0 Å². The molecule has 1 aromatic heterocycles. The SMILES string of the molecule is CNC(=O)c1cccc(NC(=O)N(C)CCc2cccs2)c1C. The van der Waals surface area contributed by atoms with Crippen molar-refractivity contribution >= 4 is 29.0 Å². The Labute approximate surface area is 140 Å². The third-order valence-corrected chi connectivity index (χ3v) is 4.60. The average molecular weight is 331 g/mol. The molecule has 0 saturated heterocycles. The third-order valence-electron chi connectivity index (χ3n) is 3.67. The van der Waals surface area contributed by atoms with Crippen molar-refractivity contribution in [1.29, 1.82) is 0 Å². The highest BCUT2D eigenvalue weighted by Gasteiger charge is 2.14. The summed E-state index contributed by atoms with van der Waals surface area (Å²) in [5.74, 6) is -0.162. The fraction of sp³-hybridized carbons (Fsp3) is 0.294. The highest BCUT2D eigenvalue weighted by atomic mass is 32.1. The molecule has 5 nitrogen and oxygen atoms in total. The molecular formula is C17H21N3O2S. The lowest BCUT2D eigenvalue weighted by atomic mass is 10.1. The minimum Gasteiger partial charge on any atom is -0.355 e. The summed E-state index contributed by atoms with van der Waals surface area (Å²) in [4.78, 5) is 27.0. The van der Waals surface area contributed by atoms with Gasteiger partial charge in [-0.1, -0.05) is 12.1 Å². The van der Waals surface area contributed by atoms with Crippen LogP contribution in [-0.4, -0.2) is 37.5 Å². The number of rotatable bonds is 5. The molecule has 122 valence electrons. The molecule has 0 aliphatic carbocycles. The van der Waals surface area contributed by atoms with Gasteiger partial charge in [0.15, 0.2) is 0 Å². The summed E-state index contributed by atoms with van der Waals surface area (Å²) in [6.45, 7) is 2.46. The number of carbonyl (C=O) groups is 2. The minimum atomic E-state index is -0.182. The topological polar surface area (TPSA) is 61.4 Å². The van der Waals surface area contributed by atoms with Gasteiger partial charge in [0.2, 0.25) is 0 Å². The van der Waals surface area contributed by atoms with Crippen LogP contribution in [0, 0.1) is 6.92 Å². The first-order valence-corrected chi connectivity index (χ1v) is 8.27. The smallest absolute Gasteiger partial charge is 0.321 e. The standard InChI is InChI=1S/C17H21N3O2S/c1-12-14(16(21)18-2)7-4-8-15(12)19-17(22)20(3)10-9-13-6-5-11-23-13/h4-8,11H,9-10H2,1-3H3,(H,18,21)(H,19,22). The predicted octanol–water partition coefficient (Wildman–Crippen LogP) is 3.12. The number of nitrogens with one attached hydrogen (secondary N) is 2. The number of amides is 3. The van der Waals surface area contributed by atoms with Crippen molar-refractivity contribution in [2.24, 2.45) is 0 Å². The van der Waals surface area contributed by atoms with Crippen LogP contribution in [0.25, 0.3) is 0 Å². The van der Waals surface area contributed by atoms with E-state index in [9.17, 15) is 9.59 Å². The second-order valence-corrected chi connectivity index (χ2v) is 6.27. The van der Waals surface area contributed by atoms with Crippen LogP contribution in [0.4, 0.5) is 10.5 Å². The molecule has 0 fully saturated rings. The Morgan fingerprint density at radius 1 is 1.22 bits per heavy atom. The second kappa shape index (κ2) is 7.78. The van der Waals surface area contributed by atoms with Crippen molar-refractivity contribution in [2.45, 2.75) is 13.3 Å². The highest BCUT2D eigenvalue weighted by Crippen LogP contribution is 2.19. The van der Waals surface area contributed by atoms with E-state index in [1.165, 1.54) is 4.88 Å². The monoisotopic (exact) mass is 331 g/mol. The molecule has 0 saturated carbocycles. The van der Waals surface area contributed by atoms with Crippen molar-refractivity contribution in [2.75, 3.05) is 26.0 Å². The number of anilines is 1. The van der Waals surface area contributed by atoms with E-state index in [4.69, 9.17) is 0 Å². The Balaban J connectivity index is 2.00. The fourth-order valence-electron chi connectivity index (χ4n) is 2.20. The van der Waals surface area contributed by atoms with E-state index in [2.05, 4.69) is 16.7 Å².